The number of fused-ring (bicyclic) bond motifs is 1. The van der Waals surface area contributed by atoms with Gasteiger partial charge in [-0.2, -0.15) is 0 Å². The number of H-pyrrole nitrogens is 1. The van der Waals surface area contributed by atoms with Crippen molar-refractivity contribution in [3.8, 4) is 0 Å². The van der Waals surface area contributed by atoms with Gasteiger partial charge in [0.2, 0.25) is 0 Å². The van der Waals surface area contributed by atoms with Crippen LogP contribution in [0.4, 0.5) is 8.78 Å². The lowest BCUT2D eigenvalue weighted by molar-refractivity contribution is 0.148. The van der Waals surface area contributed by atoms with Gasteiger partial charge in [0.25, 0.3) is 6.43 Å². The molecule has 2 aromatic heterocycles. The van der Waals surface area contributed by atoms with Crippen molar-refractivity contribution >= 4 is 10.9 Å². The Hall–Kier alpha value is -1.45. The van der Waals surface area contributed by atoms with Crippen molar-refractivity contribution in [1.29, 1.82) is 0 Å². The molecular formula is C9H8F2N2. The first-order chi connectivity index (χ1) is 6.20. The summed E-state index contributed by atoms with van der Waals surface area (Å²) in [7, 11) is 0. The van der Waals surface area contributed by atoms with E-state index in [1.807, 2.05) is 0 Å². The van der Waals surface area contributed by atoms with Crippen molar-refractivity contribution in [2.75, 3.05) is 0 Å². The number of nitrogens with one attached hydrogen (secondary N) is 1. The van der Waals surface area contributed by atoms with Gasteiger partial charge in [0.1, 0.15) is 5.69 Å². The zero-order chi connectivity index (χ0) is 9.42. The van der Waals surface area contributed by atoms with E-state index in [-0.39, 0.29) is 5.69 Å². The quantitative estimate of drug-likeness (QED) is 0.721. The van der Waals surface area contributed by atoms with Gasteiger partial charge in [0, 0.05) is 23.3 Å². The minimum atomic E-state index is -2.52. The van der Waals surface area contributed by atoms with Crippen LogP contribution in [0.3, 0.4) is 0 Å². The molecule has 4 heteroatoms. The predicted octanol–water partition coefficient (Wildman–Crippen LogP) is 2.81. The summed E-state index contributed by atoms with van der Waals surface area (Å²) in [5.74, 6) is 0. The molecule has 0 fully saturated rings. The van der Waals surface area contributed by atoms with E-state index in [0.717, 1.165) is 5.56 Å². The summed E-state index contributed by atoms with van der Waals surface area (Å²) >= 11 is 0. The second-order valence-electron chi connectivity index (χ2n) is 2.89. The van der Waals surface area contributed by atoms with Crippen LogP contribution in [0.2, 0.25) is 0 Å². The van der Waals surface area contributed by atoms with Crippen LogP contribution < -0.4 is 0 Å². The van der Waals surface area contributed by atoms with E-state index in [9.17, 15) is 8.78 Å². The maximum Gasteiger partial charge on any atom is 0.281 e. The van der Waals surface area contributed by atoms with Gasteiger partial charge >= 0.3 is 0 Å². The fraction of sp³-hybridized carbons (Fsp3) is 0.222. The molecule has 0 radical (unpaired) electrons. The Labute approximate surface area is 73.6 Å². The van der Waals surface area contributed by atoms with Crippen molar-refractivity contribution in [2.45, 2.75) is 13.3 Å². The lowest BCUT2D eigenvalue weighted by Crippen LogP contribution is -1.90. The number of hydrogen-bond donors (Lipinski definition) is 1. The Morgan fingerprint density at radius 2 is 2.23 bits per heavy atom. The summed E-state index contributed by atoms with van der Waals surface area (Å²) in [5, 5.41) is 0.539. The summed E-state index contributed by atoms with van der Waals surface area (Å²) in [6, 6.07) is 1.69. The summed E-state index contributed by atoms with van der Waals surface area (Å²) in [6.07, 6.45) is 0.580. The zero-order valence-corrected chi connectivity index (χ0v) is 7.01. The molecule has 0 aliphatic heterocycles. The van der Waals surface area contributed by atoms with E-state index in [4.69, 9.17) is 0 Å². The highest BCUT2D eigenvalue weighted by Gasteiger charge is 2.14. The second kappa shape index (κ2) is 2.80. The third kappa shape index (κ3) is 1.18. The molecule has 2 heterocycles. The number of pyridine rings is 1. The first-order valence-corrected chi connectivity index (χ1v) is 3.91. The fourth-order valence-corrected chi connectivity index (χ4v) is 1.44. The van der Waals surface area contributed by atoms with E-state index in [0.29, 0.717) is 10.9 Å². The van der Waals surface area contributed by atoms with Crippen LogP contribution in [0, 0.1) is 6.92 Å². The number of nitrogens with zero attached hydrogens (tertiary/aromatic N) is 1. The molecule has 0 bridgehead atoms. The molecule has 0 aromatic carbocycles. The van der Waals surface area contributed by atoms with Gasteiger partial charge in [-0.1, -0.05) is 0 Å². The third-order valence-corrected chi connectivity index (χ3v) is 2.03. The van der Waals surface area contributed by atoms with Crippen LogP contribution in [0.15, 0.2) is 18.5 Å². The van der Waals surface area contributed by atoms with Gasteiger partial charge in [0.05, 0.1) is 0 Å². The highest BCUT2D eigenvalue weighted by Crippen LogP contribution is 2.27. The topological polar surface area (TPSA) is 28.7 Å². The average molecular weight is 182 g/mol. The number of alkyl halides is 2. The largest absolute Gasteiger partial charge is 0.361 e. The molecule has 0 saturated carbocycles. The van der Waals surface area contributed by atoms with Crippen LogP contribution in [-0.4, -0.2) is 9.97 Å². The molecule has 0 spiro atoms. The van der Waals surface area contributed by atoms with Crippen LogP contribution in [0.5, 0.6) is 0 Å². The molecule has 0 amide bonds. The summed E-state index contributed by atoms with van der Waals surface area (Å²) in [6.45, 7) is 1.78. The second-order valence-corrected chi connectivity index (χ2v) is 2.89. The van der Waals surface area contributed by atoms with Crippen LogP contribution in [0.25, 0.3) is 10.9 Å². The Balaban J connectivity index is 2.80. The average Bonchev–Trinajstić information content (AvgIpc) is 2.48. The van der Waals surface area contributed by atoms with Gasteiger partial charge < -0.3 is 4.98 Å². The minimum Gasteiger partial charge on any atom is -0.361 e. The Morgan fingerprint density at radius 3 is 2.92 bits per heavy atom. The van der Waals surface area contributed by atoms with Gasteiger partial charge in [-0.05, 0) is 18.6 Å². The van der Waals surface area contributed by atoms with E-state index >= 15 is 0 Å². The molecule has 2 rings (SSSR count). The lowest BCUT2D eigenvalue weighted by atomic mass is 10.2. The monoisotopic (exact) mass is 182 g/mol. The molecule has 0 saturated heterocycles. The fourth-order valence-electron chi connectivity index (χ4n) is 1.44. The number of aryl methyl sites for hydroxylation is 1. The number of hydrogen-bond acceptors (Lipinski definition) is 1. The maximum absolute atomic E-state index is 12.5. The number of aromatic nitrogens is 2. The molecule has 1 N–H and O–H groups in total. The Morgan fingerprint density at radius 1 is 1.46 bits per heavy atom. The molecule has 0 aliphatic rings. The van der Waals surface area contributed by atoms with Crippen molar-refractivity contribution < 1.29 is 8.78 Å². The molecule has 68 valence electrons. The van der Waals surface area contributed by atoms with Gasteiger partial charge in [-0.15, -0.1) is 0 Å². The first kappa shape index (κ1) is 8.16. The van der Waals surface area contributed by atoms with E-state index in [2.05, 4.69) is 9.97 Å². The molecule has 13 heavy (non-hydrogen) atoms. The number of rotatable bonds is 1. The maximum atomic E-state index is 12.5. The lowest BCUT2D eigenvalue weighted by Gasteiger charge is -2.00. The van der Waals surface area contributed by atoms with Crippen molar-refractivity contribution in [1.82, 2.24) is 9.97 Å². The SMILES string of the molecule is Cc1c[nH]c2ccnc(C(F)F)c12. The van der Waals surface area contributed by atoms with E-state index in [1.54, 1.807) is 19.2 Å². The molecule has 2 nitrogen and oxygen atoms in total. The first-order valence-electron chi connectivity index (χ1n) is 3.91. The Bertz CT molecular complexity index is 434. The van der Waals surface area contributed by atoms with E-state index in [1.165, 1.54) is 6.20 Å². The molecule has 0 atom stereocenters. The molecule has 0 unspecified atom stereocenters. The smallest absolute Gasteiger partial charge is 0.281 e. The number of aromatic amines is 1. The van der Waals surface area contributed by atoms with Gasteiger partial charge in [0.15, 0.2) is 0 Å². The minimum absolute atomic E-state index is 0.142. The summed E-state index contributed by atoms with van der Waals surface area (Å²) in [4.78, 5) is 6.58. The molecule has 2 aromatic rings. The summed E-state index contributed by atoms with van der Waals surface area (Å²) < 4.78 is 25.0. The zero-order valence-electron chi connectivity index (χ0n) is 7.01. The van der Waals surface area contributed by atoms with Gasteiger partial charge in [-0.25, -0.2) is 8.78 Å². The Kier molecular flexibility index (Phi) is 1.76. The third-order valence-electron chi connectivity index (χ3n) is 2.03. The van der Waals surface area contributed by atoms with Gasteiger partial charge in [-0.3, -0.25) is 4.98 Å². The van der Waals surface area contributed by atoms with Crippen molar-refractivity contribution in [3.05, 3.63) is 29.7 Å². The van der Waals surface area contributed by atoms with Crippen molar-refractivity contribution in [3.63, 3.8) is 0 Å². The van der Waals surface area contributed by atoms with E-state index < -0.39 is 6.43 Å². The van der Waals surface area contributed by atoms with Crippen LogP contribution >= 0.6 is 0 Å². The standard InChI is InChI=1S/C9H8F2N2/c1-5-4-13-6-2-3-12-8(7(5)6)9(10)11/h2-4,9,13H,1H3. The number of halogens is 2. The summed E-state index contributed by atoms with van der Waals surface area (Å²) in [5.41, 5.74) is 1.37. The molecule has 0 aliphatic carbocycles. The van der Waals surface area contributed by atoms with Crippen LogP contribution in [0.1, 0.15) is 17.7 Å². The van der Waals surface area contributed by atoms with Crippen LogP contribution in [-0.2, 0) is 0 Å². The normalized spacial score (nSPS) is 11.4. The highest BCUT2D eigenvalue weighted by atomic mass is 19.3. The van der Waals surface area contributed by atoms with Crippen molar-refractivity contribution in [2.24, 2.45) is 0 Å². The predicted molar refractivity (Wildman–Crippen MR) is 45.8 cm³/mol. The molecular weight excluding hydrogens is 174 g/mol. The highest BCUT2D eigenvalue weighted by molar-refractivity contribution is 5.85.